The number of hydrogen-bond acceptors (Lipinski definition) is 7. The summed E-state index contributed by atoms with van der Waals surface area (Å²) in [5, 5.41) is 3.12. The molecule has 0 unspecified atom stereocenters. The lowest BCUT2D eigenvalue weighted by Gasteiger charge is -2.33. The molecule has 1 aromatic carbocycles. The SMILES string of the molecule is CNc1cc([C@@H]2CCCN(C(=O)c3cc(OC)ccc3OC)C2)nc(-c2cccnc2)n1. The molecule has 8 heteroatoms. The number of nitrogens with one attached hydrogen (secondary N) is 1. The van der Waals surface area contributed by atoms with Crippen LogP contribution in [0.2, 0.25) is 0 Å². The minimum Gasteiger partial charge on any atom is -0.497 e. The standard InChI is InChI=1S/C24H27N5O3/c1-25-22-13-20(27-23(28-22)16-6-4-10-26-14-16)17-7-5-11-29(15-17)24(30)19-12-18(31-2)8-9-21(19)32-3/h4,6,8-10,12-14,17H,5,7,11,15H2,1-3H3,(H,25,27,28)/t17-/m1/s1. The minimum absolute atomic E-state index is 0.0687. The van der Waals surface area contributed by atoms with E-state index in [1.54, 1.807) is 44.8 Å². The molecule has 32 heavy (non-hydrogen) atoms. The maximum Gasteiger partial charge on any atom is 0.257 e. The smallest absolute Gasteiger partial charge is 0.257 e. The van der Waals surface area contributed by atoms with Gasteiger partial charge >= 0.3 is 0 Å². The first kappa shape index (κ1) is 21.5. The van der Waals surface area contributed by atoms with Gasteiger partial charge in [-0.1, -0.05) is 0 Å². The van der Waals surface area contributed by atoms with Gasteiger partial charge in [0.05, 0.1) is 25.5 Å². The van der Waals surface area contributed by atoms with Crippen LogP contribution in [-0.4, -0.2) is 60.1 Å². The number of anilines is 1. The Hall–Kier alpha value is -3.68. The molecule has 2 aromatic heterocycles. The molecule has 0 bridgehead atoms. The van der Waals surface area contributed by atoms with Crippen molar-refractivity contribution in [3.63, 3.8) is 0 Å². The van der Waals surface area contributed by atoms with Gasteiger partial charge < -0.3 is 19.7 Å². The fraction of sp³-hybridized carbons (Fsp3) is 0.333. The van der Waals surface area contributed by atoms with Crippen LogP contribution < -0.4 is 14.8 Å². The zero-order valence-electron chi connectivity index (χ0n) is 18.5. The molecule has 1 saturated heterocycles. The Morgan fingerprint density at radius 2 is 2.03 bits per heavy atom. The molecule has 1 aliphatic heterocycles. The number of hydrogen-bond donors (Lipinski definition) is 1. The third-order valence-electron chi connectivity index (χ3n) is 5.69. The first-order valence-electron chi connectivity index (χ1n) is 10.6. The number of pyridine rings is 1. The van der Waals surface area contributed by atoms with E-state index < -0.39 is 0 Å². The van der Waals surface area contributed by atoms with Crippen LogP contribution in [0.3, 0.4) is 0 Å². The van der Waals surface area contributed by atoms with E-state index in [1.807, 2.05) is 30.1 Å². The topological polar surface area (TPSA) is 89.5 Å². The number of aromatic nitrogens is 3. The summed E-state index contributed by atoms with van der Waals surface area (Å²) in [6.07, 6.45) is 5.32. The highest BCUT2D eigenvalue weighted by Gasteiger charge is 2.29. The van der Waals surface area contributed by atoms with Crippen LogP contribution in [0.1, 0.15) is 34.8 Å². The van der Waals surface area contributed by atoms with Crippen molar-refractivity contribution in [3.8, 4) is 22.9 Å². The predicted octanol–water partition coefficient (Wildman–Crippen LogP) is 3.62. The monoisotopic (exact) mass is 433 g/mol. The van der Waals surface area contributed by atoms with Crippen molar-refractivity contribution >= 4 is 11.7 Å². The van der Waals surface area contributed by atoms with Gasteiger partial charge in [-0.25, -0.2) is 9.97 Å². The first-order chi connectivity index (χ1) is 15.6. The summed E-state index contributed by atoms with van der Waals surface area (Å²) in [4.78, 5) is 28.8. The molecule has 1 aliphatic rings. The van der Waals surface area contributed by atoms with Crippen molar-refractivity contribution in [2.75, 3.05) is 39.7 Å². The second-order valence-electron chi connectivity index (χ2n) is 7.65. The van der Waals surface area contributed by atoms with E-state index in [4.69, 9.17) is 14.5 Å². The average Bonchev–Trinajstić information content (AvgIpc) is 2.88. The maximum atomic E-state index is 13.4. The van der Waals surface area contributed by atoms with Crippen molar-refractivity contribution in [1.29, 1.82) is 0 Å². The molecule has 4 rings (SSSR count). The van der Waals surface area contributed by atoms with Gasteiger partial charge in [0, 0.05) is 50.1 Å². The number of likely N-dealkylation sites (tertiary alicyclic amines) is 1. The number of piperidine rings is 1. The lowest BCUT2D eigenvalue weighted by atomic mass is 9.93. The fourth-order valence-electron chi connectivity index (χ4n) is 3.98. The van der Waals surface area contributed by atoms with Crippen molar-refractivity contribution in [3.05, 3.63) is 60.0 Å². The number of methoxy groups -OCH3 is 2. The summed E-state index contributed by atoms with van der Waals surface area (Å²) < 4.78 is 10.7. The van der Waals surface area contributed by atoms with E-state index in [2.05, 4.69) is 15.3 Å². The summed E-state index contributed by atoms with van der Waals surface area (Å²) >= 11 is 0. The number of benzene rings is 1. The summed E-state index contributed by atoms with van der Waals surface area (Å²) in [6.45, 7) is 1.26. The third-order valence-corrected chi connectivity index (χ3v) is 5.69. The van der Waals surface area contributed by atoms with E-state index in [-0.39, 0.29) is 11.8 Å². The Labute approximate surface area is 187 Å². The molecule has 1 fully saturated rings. The molecule has 8 nitrogen and oxygen atoms in total. The Morgan fingerprint density at radius 3 is 2.75 bits per heavy atom. The van der Waals surface area contributed by atoms with Gasteiger partial charge in [0.2, 0.25) is 0 Å². The molecule has 1 atom stereocenters. The zero-order valence-corrected chi connectivity index (χ0v) is 18.5. The summed E-state index contributed by atoms with van der Waals surface area (Å²) in [6, 6.07) is 11.1. The zero-order chi connectivity index (χ0) is 22.5. The highest BCUT2D eigenvalue weighted by molar-refractivity contribution is 5.97. The van der Waals surface area contributed by atoms with E-state index in [1.165, 1.54) is 0 Å². The Balaban J connectivity index is 1.62. The summed E-state index contributed by atoms with van der Waals surface area (Å²) in [7, 11) is 4.99. The van der Waals surface area contributed by atoms with Gasteiger partial charge in [0.1, 0.15) is 17.3 Å². The quantitative estimate of drug-likeness (QED) is 0.635. The first-order valence-corrected chi connectivity index (χ1v) is 10.6. The van der Waals surface area contributed by atoms with Gasteiger partial charge in [-0.15, -0.1) is 0 Å². The molecule has 0 saturated carbocycles. The van der Waals surface area contributed by atoms with Gasteiger partial charge in [0.15, 0.2) is 5.82 Å². The molecular formula is C24H27N5O3. The maximum absolute atomic E-state index is 13.4. The van der Waals surface area contributed by atoms with Crippen LogP contribution in [0.15, 0.2) is 48.8 Å². The highest BCUT2D eigenvalue weighted by atomic mass is 16.5. The number of nitrogens with zero attached hydrogens (tertiary/aromatic N) is 4. The summed E-state index contributed by atoms with van der Waals surface area (Å²) in [5.41, 5.74) is 2.27. The molecule has 0 spiro atoms. The van der Waals surface area contributed by atoms with Crippen molar-refractivity contribution in [2.45, 2.75) is 18.8 Å². The molecule has 3 aromatic rings. The largest absolute Gasteiger partial charge is 0.497 e. The molecule has 3 heterocycles. The fourth-order valence-corrected chi connectivity index (χ4v) is 3.98. The van der Waals surface area contributed by atoms with Crippen LogP contribution >= 0.6 is 0 Å². The van der Waals surface area contributed by atoms with E-state index in [0.29, 0.717) is 36.0 Å². The van der Waals surface area contributed by atoms with Crippen LogP contribution in [0.4, 0.5) is 5.82 Å². The molecule has 0 aliphatic carbocycles. The van der Waals surface area contributed by atoms with E-state index >= 15 is 0 Å². The van der Waals surface area contributed by atoms with E-state index in [0.717, 1.165) is 29.9 Å². The predicted molar refractivity (Wildman–Crippen MR) is 122 cm³/mol. The Kier molecular flexibility index (Phi) is 6.49. The number of carbonyl (C=O) groups is 1. The molecular weight excluding hydrogens is 406 g/mol. The minimum atomic E-state index is -0.0687. The van der Waals surface area contributed by atoms with Crippen LogP contribution in [0, 0.1) is 0 Å². The number of carbonyl (C=O) groups excluding carboxylic acids is 1. The Bertz CT molecular complexity index is 1090. The van der Waals surface area contributed by atoms with Crippen molar-refractivity contribution < 1.29 is 14.3 Å². The number of ether oxygens (including phenoxy) is 2. The lowest BCUT2D eigenvalue weighted by molar-refractivity contribution is 0.0702. The molecule has 1 amide bonds. The normalized spacial score (nSPS) is 15.8. The van der Waals surface area contributed by atoms with Gasteiger partial charge in [-0.05, 0) is 43.2 Å². The second kappa shape index (κ2) is 9.64. The number of amides is 1. The van der Waals surface area contributed by atoms with Gasteiger partial charge in [-0.3, -0.25) is 9.78 Å². The number of rotatable bonds is 6. The molecule has 166 valence electrons. The summed E-state index contributed by atoms with van der Waals surface area (Å²) in [5.74, 6) is 2.56. The van der Waals surface area contributed by atoms with Crippen molar-refractivity contribution in [1.82, 2.24) is 19.9 Å². The van der Waals surface area contributed by atoms with Gasteiger partial charge in [0.25, 0.3) is 5.91 Å². The third kappa shape index (κ3) is 4.49. The van der Waals surface area contributed by atoms with E-state index in [9.17, 15) is 4.79 Å². The Morgan fingerprint density at radius 1 is 1.16 bits per heavy atom. The highest BCUT2D eigenvalue weighted by Crippen LogP contribution is 2.31. The second-order valence-corrected chi connectivity index (χ2v) is 7.65. The molecule has 1 N–H and O–H groups in total. The average molecular weight is 434 g/mol. The lowest BCUT2D eigenvalue weighted by Crippen LogP contribution is -2.39. The van der Waals surface area contributed by atoms with Crippen LogP contribution in [-0.2, 0) is 0 Å². The van der Waals surface area contributed by atoms with Crippen LogP contribution in [0.25, 0.3) is 11.4 Å². The van der Waals surface area contributed by atoms with Crippen LogP contribution in [0.5, 0.6) is 11.5 Å². The van der Waals surface area contributed by atoms with Gasteiger partial charge in [-0.2, -0.15) is 0 Å². The van der Waals surface area contributed by atoms with Crippen molar-refractivity contribution in [2.24, 2.45) is 0 Å². The molecule has 0 radical (unpaired) electrons.